The number of benzene rings is 1. The summed E-state index contributed by atoms with van der Waals surface area (Å²) in [6, 6.07) is -0.262. The molecule has 0 bridgehead atoms. The van der Waals surface area contributed by atoms with Crippen LogP contribution < -0.4 is 5.32 Å². The van der Waals surface area contributed by atoms with Crippen molar-refractivity contribution in [1.29, 1.82) is 0 Å². The molecule has 2 rings (SSSR count). The highest BCUT2D eigenvalue weighted by molar-refractivity contribution is 5.48. The molecule has 0 aromatic heterocycles. The van der Waals surface area contributed by atoms with Crippen LogP contribution in [0.5, 0.6) is 0 Å². The molecule has 1 N–H and O–H groups in total. The van der Waals surface area contributed by atoms with Gasteiger partial charge in [0, 0.05) is 6.04 Å². The normalized spacial score (nSPS) is 22.9. The van der Waals surface area contributed by atoms with Gasteiger partial charge in [0.1, 0.15) is 5.69 Å². The molecule has 112 valence electrons. The lowest BCUT2D eigenvalue weighted by Crippen LogP contribution is -2.28. The second kappa shape index (κ2) is 5.97. The zero-order chi connectivity index (χ0) is 14.9. The van der Waals surface area contributed by atoms with Crippen LogP contribution in [0.2, 0.25) is 0 Å². The molecule has 0 saturated heterocycles. The third-order valence-corrected chi connectivity index (χ3v) is 3.92. The van der Waals surface area contributed by atoms with Crippen molar-refractivity contribution in [3.8, 4) is 0 Å². The van der Waals surface area contributed by atoms with E-state index in [0.29, 0.717) is 18.8 Å². The van der Waals surface area contributed by atoms with Gasteiger partial charge < -0.3 is 5.32 Å². The van der Waals surface area contributed by atoms with E-state index in [-0.39, 0.29) is 6.04 Å². The van der Waals surface area contributed by atoms with Gasteiger partial charge in [-0.3, -0.25) is 0 Å². The van der Waals surface area contributed by atoms with E-state index in [9.17, 15) is 22.0 Å². The Hall–Kier alpha value is -1.33. The highest BCUT2D eigenvalue weighted by Gasteiger charge is 2.28. The van der Waals surface area contributed by atoms with Crippen molar-refractivity contribution < 1.29 is 22.0 Å². The van der Waals surface area contributed by atoms with Crippen molar-refractivity contribution in [3.63, 3.8) is 0 Å². The monoisotopic (exact) mass is 293 g/mol. The third-order valence-electron chi connectivity index (χ3n) is 3.92. The van der Waals surface area contributed by atoms with Gasteiger partial charge in [-0.25, -0.2) is 22.0 Å². The first kappa shape index (κ1) is 15.1. The quantitative estimate of drug-likeness (QED) is 0.481. The van der Waals surface area contributed by atoms with Crippen LogP contribution in [0.1, 0.15) is 39.0 Å². The van der Waals surface area contributed by atoms with Gasteiger partial charge in [0.2, 0.25) is 5.82 Å². The molecular weight excluding hydrogens is 277 g/mol. The summed E-state index contributed by atoms with van der Waals surface area (Å²) in [6.45, 7) is 2.02. The minimum atomic E-state index is -2.12. The maximum absolute atomic E-state index is 13.6. The Morgan fingerprint density at radius 3 is 2.00 bits per heavy atom. The van der Waals surface area contributed by atoms with E-state index >= 15 is 0 Å². The molecule has 2 atom stereocenters. The van der Waals surface area contributed by atoms with Crippen LogP contribution in [0.4, 0.5) is 27.6 Å². The number of anilines is 1. The molecule has 0 heterocycles. The van der Waals surface area contributed by atoms with Gasteiger partial charge in [0.25, 0.3) is 0 Å². The lowest BCUT2D eigenvalue weighted by atomic mass is 9.84. The zero-order valence-electron chi connectivity index (χ0n) is 11.1. The molecule has 0 radical (unpaired) electrons. The molecule has 0 aliphatic heterocycles. The zero-order valence-corrected chi connectivity index (χ0v) is 11.1. The van der Waals surface area contributed by atoms with Crippen LogP contribution in [-0.2, 0) is 0 Å². The van der Waals surface area contributed by atoms with Crippen molar-refractivity contribution >= 4 is 5.69 Å². The third kappa shape index (κ3) is 2.74. The van der Waals surface area contributed by atoms with Gasteiger partial charge in [-0.1, -0.05) is 26.2 Å². The Labute approximate surface area is 114 Å². The summed E-state index contributed by atoms with van der Waals surface area (Å²) < 4.78 is 66.2. The Bertz CT molecular complexity index is 474. The van der Waals surface area contributed by atoms with Gasteiger partial charge in [-0.2, -0.15) is 0 Å². The highest BCUT2D eigenvalue weighted by atomic mass is 19.2. The van der Waals surface area contributed by atoms with E-state index in [0.717, 1.165) is 19.3 Å². The second-order valence-corrected chi connectivity index (χ2v) is 5.23. The molecule has 6 heteroatoms. The Morgan fingerprint density at radius 2 is 1.45 bits per heavy atom. The topological polar surface area (TPSA) is 12.0 Å². The molecule has 1 fully saturated rings. The summed E-state index contributed by atoms with van der Waals surface area (Å²) in [6.07, 6.45) is 4.19. The van der Waals surface area contributed by atoms with Crippen LogP contribution in [0.15, 0.2) is 0 Å². The smallest absolute Gasteiger partial charge is 0.200 e. The van der Waals surface area contributed by atoms with Crippen LogP contribution in [0.3, 0.4) is 0 Å². The van der Waals surface area contributed by atoms with Crippen molar-refractivity contribution in [2.45, 2.75) is 45.1 Å². The fraction of sp³-hybridized carbons (Fsp3) is 0.571. The van der Waals surface area contributed by atoms with Gasteiger partial charge in [-0.15, -0.1) is 0 Å². The molecule has 1 aromatic rings. The lowest BCUT2D eigenvalue weighted by molar-refractivity contribution is 0.324. The fourth-order valence-electron chi connectivity index (χ4n) is 2.73. The number of hydrogen-bond acceptors (Lipinski definition) is 1. The Morgan fingerprint density at radius 1 is 0.900 bits per heavy atom. The number of nitrogens with one attached hydrogen (secondary N) is 1. The molecule has 1 saturated carbocycles. The Kier molecular flexibility index (Phi) is 4.50. The summed E-state index contributed by atoms with van der Waals surface area (Å²) in [5.74, 6) is -9.10. The minimum Gasteiger partial charge on any atom is -0.377 e. The predicted octanol–water partition coefficient (Wildman–Crippen LogP) is 4.76. The summed E-state index contributed by atoms with van der Waals surface area (Å²) in [5, 5.41) is 2.49. The first-order valence-corrected chi connectivity index (χ1v) is 6.73. The highest BCUT2D eigenvalue weighted by Crippen LogP contribution is 2.32. The molecule has 0 amide bonds. The maximum Gasteiger partial charge on any atom is 0.200 e. The van der Waals surface area contributed by atoms with Gasteiger partial charge in [0.05, 0.1) is 0 Å². The lowest BCUT2D eigenvalue weighted by Gasteiger charge is -2.30. The van der Waals surface area contributed by atoms with Crippen molar-refractivity contribution in [2.24, 2.45) is 5.92 Å². The van der Waals surface area contributed by atoms with Crippen LogP contribution in [-0.4, -0.2) is 6.04 Å². The molecule has 0 spiro atoms. The first-order valence-electron chi connectivity index (χ1n) is 6.73. The molecule has 20 heavy (non-hydrogen) atoms. The maximum atomic E-state index is 13.6. The van der Waals surface area contributed by atoms with Crippen molar-refractivity contribution in [2.75, 3.05) is 5.32 Å². The van der Waals surface area contributed by atoms with Gasteiger partial charge in [0.15, 0.2) is 23.3 Å². The van der Waals surface area contributed by atoms with Crippen molar-refractivity contribution in [3.05, 3.63) is 29.1 Å². The number of halogens is 5. The fourth-order valence-corrected chi connectivity index (χ4v) is 2.73. The summed E-state index contributed by atoms with van der Waals surface area (Å²) in [7, 11) is 0. The first-order chi connectivity index (χ1) is 9.45. The number of rotatable bonds is 3. The summed E-state index contributed by atoms with van der Waals surface area (Å²) in [5.41, 5.74) is -0.914. The Balaban J connectivity index is 2.25. The van der Waals surface area contributed by atoms with E-state index in [4.69, 9.17) is 0 Å². The van der Waals surface area contributed by atoms with E-state index in [1.165, 1.54) is 0 Å². The molecule has 2 unspecified atom stereocenters. The molecule has 1 aromatic carbocycles. The standard InChI is InChI=1S/C14H16F5N/c1-2-7-4-3-5-8(6-7)20-14-12(18)10(16)9(15)11(17)13(14)19/h7-8,20H,2-6H2,1H3. The minimum absolute atomic E-state index is 0.262. The van der Waals surface area contributed by atoms with Crippen molar-refractivity contribution in [1.82, 2.24) is 0 Å². The molecule has 1 aliphatic rings. The average molecular weight is 293 g/mol. The molecule has 1 aliphatic carbocycles. The van der Waals surface area contributed by atoms with Crippen LogP contribution >= 0.6 is 0 Å². The second-order valence-electron chi connectivity index (χ2n) is 5.23. The summed E-state index contributed by atoms with van der Waals surface area (Å²) in [4.78, 5) is 0. The van der Waals surface area contributed by atoms with Gasteiger partial charge in [-0.05, 0) is 18.8 Å². The van der Waals surface area contributed by atoms with Crippen LogP contribution in [0, 0.1) is 35.0 Å². The molecular formula is C14H16F5N. The average Bonchev–Trinajstić information content (AvgIpc) is 2.48. The summed E-state index contributed by atoms with van der Waals surface area (Å²) >= 11 is 0. The van der Waals surface area contributed by atoms with Crippen LogP contribution in [0.25, 0.3) is 0 Å². The van der Waals surface area contributed by atoms with E-state index in [2.05, 4.69) is 5.32 Å². The van der Waals surface area contributed by atoms with E-state index in [1.807, 2.05) is 6.92 Å². The SMILES string of the molecule is CCC1CCCC(Nc2c(F)c(F)c(F)c(F)c2F)C1. The predicted molar refractivity (Wildman–Crippen MR) is 65.9 cm³/mol. The van der Waals surface area contributed by atoms with Gasteiger partial charge >= 0.3 is 0 Å². The largest absolute Gasteiger partial charge is 0.377 e. The van der Waals surface area contributed by atoms with E-state index < -0.39 is 34.8 Å². The van der Waals surface area contributed by atoms with E-state index in [1.54, 1.807) is 0 Å². The number of hydrogen-bond donors (Lipinski definition) is 1. The molecule has 1 nitrogen and oxygen atoms in total.